The Labute approximate surface area is 126 Å². The summed E-state index contributed by atoms with van der Waals surface area (Å²) in [6, 6.07) is 0. The molecule has 9 heteroatoms. The van der Waals surface area contributed by atoms with Gasteiger partial charge in [0.15, 0.2) is 11.5 Å². The summed E-state index contributed by atoms with van der Waals surface area (Å²) >= 11 is 9.24. The molecule has 0 saturated carbocycles. The number of hydrogen-bond donors (Lipinski definition) is 0. The minimum absolute atomic E-state index is 0.187. The van der Waals surface area contributed by atoms with Gasteiger partial charge >= 0.3 is 0 Å². The third-order valence-corrected chi connectivity index (χ3v) is 3.59. The first-order chi connectivity index (χ1) is 9.56. The van der Waals surface area contributed by atoms with Crippen LogP contribution in [0.4, 0.5) is 0 Å². The molecule has 3 aromatic heterocycles. The Morgan fingerprint density at radius 1 is 1.35 bits per heavy atom. The van der Waals surface area contributed by atoms with Crippen LogP contribution in [0.5, 0.6) is 0 Å². The quantitative estimate of drug-likeness (QED) is 0.649. The van der Waals surface area contributed by atoms with Crippen molar-refractivity contribution in [2.45, 2.75) is 6.54 Å². The summed E-state index contributed by atoms with van der Waals surface area (Å²) in [5, 5.41) is 5.07. The molecule has 20 heavy (non-hydrogen) atoms. The van der Waals surface area contributed by atoms with Crippen molar-refractivity contribution >= 4 is 38.6 Å². The lowest BCUT2D eigenvalue weighted by Gasteiger charge is -2.05. The van der Waals surface area contributed by atoms with Crippen molar-refractivity contribution in [2.75, 3.05) is 0 Å². The van der Waals surface area contributed by atoms with E-state index in [-0.39, 0.29) is 12.1 Å². The van der Waals surface area contributed by atoms with Gasteiger partial charge in [-0.1, -0.05) is 11.6 Å². The van der Waals surface area contributed by atoms with E-state index in [1.54, 1.807) is 17.9 Å². The molecule has 0 fully saturated rings. The molecule has 0 N–H and O–H groups in total. The predicted molar refractivity (Wildman–Crippen MR) is 76.6 cm³/mol. The van der Waals surface area contributed by atoms with Gasteiger partial charge in [0.2, 0.25) is 0 Å². The van der Waals surface area contributed by atoms with Crippen LogP contribution in [-0.4, -0.2) is 29.3 Å². The maximum Gasteiger partial charge on any atom is 0.268 e. The number of nitrogens with zero attached hydrogens (tertiary/aromatic N) is 6. The van der Waals surface area contributed by atoms with Crippen molar-refractivity contribution in [1.82, 2.24) is 29.3 Å². The lowest BCUT2D eigenvalue weighted by Crippen LogP contribution is -2.22. The fourth-order valence-corrected chi connectivity index (χ4v) is 2.37. The van der Waals surface area contributed by atoms with Crippen molar-refractivity contribution in [2.24, 2.45) is 7.05 Å². The number of fused-ring (bicyclic) bond motifs is 1. The van der Waals surface area contributed by atoms with E-state index in [0.29, 0.717) is 26.5 Å². The highest BCUT2D eigenvalue weighted by Gasteiger charge is 2.11. The maximum atomic E-state index is 11.9. The molecule has 0 aromatic carbocycles. The maximum absolute atomic E-state index is 11.9. The molecule has 0 bridgehead atoms. The summed E-state index contributed by atoms with van der Waals surface area (Å²) in [6.45, 7) is 0.187. The Morgan fingerprint density at radius 3 is 2.95 bits per heavy atom. The molecule has 0 aliphatic heterocycles. The van der Waals surface area contributed by atoms with Crippen LogP contribution in [0, 0.1) is 0 Å². The van der Waals surface area contributed by atoms with E-state index < -0.39 is 0 Å². The third-order valence-electron chi connectivity index (χ3n) is 2.76. The molecular formula is C11H8BrClN6O. The SMILES string of the molecule is Cn1ncc2c(Cl)nc(Cn3cncc(Br)c3=O)nc21. The molecule has 0 atom stereocenters. The first-order valence-electron chi connectivity index (χ1n) is 5.60. The smallest absolute Gasteiger partial charge is 0.268 e. The molecule has 102 valence electrons. The van der Waals surface area contributed by atoms with Crippen molar-refractivity contribution in [3.8, 4) is 0 Å². The summed E-state index contributed by atoms with van der Waals surface area (Å²) in [5.41, 5.74) is 0.417. The van der Waals surface area contributed by atoms with E-state index >= 15 is 0 Å². The summed E-state index contributed by atoms with van der Waals surface area (Å²) in [7, 11) is 1.77. The molecular weight excluding hydrogens is 348 g/mol. The van der Waals surface area contributed by atoms with E-state index in [0.717, 1.165) is 0 Å². The number of hydrogen-bond acceptors (Lipinski definition) is 5. The topological polar surface area (TPSA) is 78.5 Å². The van der Waals surface area contributed by atoms with Crippen LogP contribution in [0.15, 0.2) is 28.0 Å². The first kappa shape index (κ1) is 13.2. The van der Waals surface area contributed by atoms with Gasteiger partial charge in [0, 0.05) is 13.2 Å². The van der Waals surface area contributed by atoms with Crippen LogP contribution >= 0.6 is 27.5 Å². The minimum atomic E-state index is -0.204. The summed E-state index contributed by atoms with van der Waals surface area (Å²) < 4.78 is 3.39. The number of halogens is 2. The van der Waals surface area contributed by atoms with Crippen LogP contribution < -0.4 is 5.56 Å². The van der Waals surface area contributed by atoms with Crippen LogP contribution in [-0.2, 0) is 13.6 Å². The Morgan fingerprint density at radius 2 is 2.15 bits per heavy atom. The van der Waals surface area contributed by atoms with E-state index in [1.807, 2.05) is 0 Å². The van der Waals surface area contributed by atoms with Crippen LogP contribution in [0.1, 0.15) is 5.82 Å². The zero-order valence-corrected chi connectivity index (χ0v) is 12.6. The van der Waals surface area contributed by atoms with Gasteiger partial charge in [-0.3, -0.25) is 14.0 Å². The van der Waals surface area contributed by atoms with Gasteiger partial charge in [-0.25, -0.2) is 15.0 Å². The van der Waals surface area contributed by atoms with Crippen LogP contribution in [0.2, 0.25) is 5.15 Å². The van der Waals surface area contributed by atoms with Crippen molar-refractivity contribution in [1.29, 1.82) is 0 Å². The molecule has 0 aliphatic rings. The van der Waals surface area contributed by atoms with E-state index in [1.165, 1.54) is 17.1 Å². The highest BCUT2D eigenvalue weighted by Crippen LogP contribution is 2.19. The fourth-order valence-electron chi connectivity index (χ4n) is 1.79. The average molecular weight is 356 g/mol. The second-order valence-corrected chi connectivity index (χ2v) is 5.32. The second kappa shape index (κ2) is 4.95. The molecule has 7 nitrogen and oxygen atoms in total. The predicted octanol–water partition coefficient (Wildman–Crippen LogP) is 1.38. The van der Waals surface area contributed by atoms with Gasteiger partial charge in [0.05, 0.1) is 24.5 Å². The molecule has 3 heterocycles. The van der Waals surface area contributed by atoms with E-state index in [9.17, 15) is 4.79 Å². The Balaban J connectivity index is 2.09. The molecule has 0 aliphatic carbocycles. The standard InChI is InChI=1S/C11H8BrClN6O/c1-18-10-6(2-15-18)9(13)16-8(17-10)4-19-5-14-3-7(12)11(19)20/h2-3,5H,4H2,1H3. The van der Waals surface area contributed by atoms with Gasteiger partial charge in [-0.05, 0) is 15.9 Å². The second-order valence-electron chi connectivity index (χ2n) is 4.11. The molecule has 0 amide bonds. The highest BCUT2D eigenvalue weighted by molar-refractivity contribution is 9.10. The van der Waals surface area contributed by atoms with Crippen LogP contribution in [0.3, 0.4) is 0 Å². The van der Waals surface area contributed by atoms with Crippen molar-refractivity contribution in [3.63, 3.8) is 0 Å². The zero-order chi connectivity index (χ0) is 14.3. The Kier molecular flexibility index (Phi) is 3.27. The number of aromatic nitrogens is 6. The van der Waals surface area contributed by atoms with Crippen molar-refractivity contribution in [3.05, 3.63) is 44.5 Å². The molecule has 3 aromatic rings. The molecule has 0 spiro atoms. The van der Waals surface area contributed by atoms with E-state index in [2.05, 4.69) is 36.0 Å². The highest BCUT2D eigenvalue weighted by atomic mass is 79.9. The third kappa shape index (κ3) is 2.20. The number of rotatable bonds is 2. The molecule has 0 saturated heterocycles. The first-order valence-corrected chi connectivity index (χ1v) is 6.77. The van der Waals surface area contributed by atoms with Gasteiger partial charge in [0.25, 0.3) is 5.56 Å². The summed E-state index contributed by atoms with van der Waals surface area (Å²) in [6.07, 6.45) is 4.48. The molecule has 0 unspecified atom stereocenters. The van der Waals surface area contributed by atoms with Crippen LogP contribution in [0.25, 0.3) is 11.0 Å². The van der Waals surface area contributed by atoms with Gasteiger partial charge in [0.1, 0.15) is 9.63 Å². The average Bonchev–Trinajstić information content (AvgIpc) is 2.78. The summed E-state index contributed by atoms with van der Waals surface area (Å²) in [4.78, 5) is 24.4. The molecule has 0 radical (unpaired) electrons. The largest absolute Gasteiger partial charge is 0.291 e. The Hall–Kier alpha value is -1.80. The van der Waals surface area contributed by atoms with Gasteiger partial charge in [-0.2, -0.15) is 5.10 Å². The number of aryl methyl sites for hydroxylation is 1. The lowest BCUT2D eigenvalue weighted by atomic mass is 10.4. The van der Waals surface area contributed by atoms with Gasteiger partial charge in [-0.15, -0.1) is 0 Å². The zero-order valence-electron chi connectivity index (χ0n) is 10.3. The molecule has 3 rings (SSSR count). The van der Waals surface area contributed by atoms with Gasteiger partial charge < -0.3 is 0 Å². The normalized spacial score (nSPS) is 11.2. The fraction of sp³-hybridized carbons (Fsp3) is 0.182. The Bertz CT molecular complexity index is 858. The van der Waals surface area contributed by atoms with E-state index in [4.69, 9.17) is 11.6 Å². The van der Waals surface area contributed by atoms with Crippen molar-refractivity contribution < 1.29 is 0 Å². The lowest BCUT2D eigenvalue weighted by molar-refractivity contribution is 0.691. The monoisotopic (exact) mass is 354 g/mol. The summed E-state index contributed by atoms with van der Waals surface area (Å²) in [5.74, 6) is 0.424. The minimum Gasteiger partial charge on any atom is -0.291 e.